The second kappa shape index (κ2) is 5.64. The van der Waals surface area contributed by atoms with Crippen LogP contribution in [0.4, 0.5) is 0 Å². The van der Waals surface area contributed by atoms with Crippen LogP contribution in [0.25, 0.3) is 10.9 Å². The lowest BCUT2D eigenvalue weighted by Crippen LogP contribution is -2.42. The summed E-state index contributed by atoms with van der Waals surface area (Å²) in [6.07, 6.45) is 1.61. The van der Waals surface area contributed by atoms with Crippen LogP contribution in [-0.4, -0.2) is 21.6 Å². The number of aryl methyl sites for hydroxylation is 1. The van der Waals surface area contributed by atoms with Gasteiger partial charge in [0.1, 0.15) is 6.04 Å². The fourth-order valence-electron chi connectivity index (χ4n) is 2.82. The lowest BCUT2D eigenvalue weighted by atomic mass is 10.0. The summed E-state index contributed by atoms with van der Waals surface area (Å²) < 4.78 is 1.73. The van der Waals surface area contributed by atoms with E-state index in [2.05, 4.69) is 22.3 Å². The molecule has 1 aliphatic rings. The summed E-state index contributed by atoms with van der Waals surface area (Å²) in [5.41, 5.74) is 2.66. The van der Waals surface area contributed by atoms with Gasteiger partial charge in [0, 0.05) is 23.8 Å². The van der Waals surface area contributed by atoms with Crippen LogP contribution in [-0.2, 0) is 9.59 Å². The van der Waals surface area contributed by atoms with Crippen molar-refractivity contribution in [1.29, 1.82) is 0 Å². The van der Waals surface area contributed by atoms with Gasteiger partial charge in [-0.25, -0.2) is 0 Å². The number of carbonyl (C=O) groups is 2. The van der Waals surface area contributed by atoms with E-state index < -0.39 is 6.04 Å². The molecular weight excluding hydrogens is 278 g/mol. The third kappa shape index (κ3) is 2.37. The topological polar surface area (TPSA) is 64.0 Å². The molecule has 1 unspecified atom stereocenters. The van der Waals surface area contributed by atoms with E-state index in [1.807, 2.05) is 32.0 Å². The zero-order chi connectivity index (χ0) is 15.7. The lowest BCUT2D eigenvalue weighted by molar-refractivity contribution is -0.135. The molecule has 5 nitrogen and oxygen atoms in total. The second-order valence-electron chi connectivity index (χ2n) is 5.35. The van der Waals surface area contributed by atoms with Crippen molar-refractivity contribution in [3.8, 4) is 11.8 Å². The molecule has 0 spiro atoms. The zero-order valence-corrected chi connectivity index (χ0v) is 12.6. The molecule has 1 N–H and O–H groups in total. The van der Waals surface area contributed by atoms with E-state index in [1.165, 1.54) is 0 Å². The average molecular weight is 295 g/mol. The summed E-state index contributed by atoms with van der Waals surface area (Å²) >= 11 is 0. The Morgan fingerprint density at radius 2 is 2.23 bits per heavy atom. The number of amides is 2. The van der Waals surface area contributed by atoms with Gasteiger partial charge in [0.2, 0.25) is 5.91 Å². The summed E-state index contributed by atoms with van der Waals surface area (Å²) in [5, 5.41) is 7.90. The molecule has 3 rings (SSSR count). The normalized spacial score (nSPS) is 18.0. The number of hydrogen-bond acceptors (Lipinski definition) is 3. The quantitative estimate of drug-likeness (QED) is 0.647. The number of imide groups is 1. The molecule has 0 bridgehead atoms. The zero-order valence-electron chi connectivity index (χ0n) is 12.6. The number of piperidine rings is 1. The molecule has 0 radical (unpaired) electrons. The van der Waals surface area contributed by atoms with Crippen molar-refractivity contribution in [2.45, 2.75) is 39.2 Å². The minimum Gasteiger partial charge on any atom is -0.295 e. The van der Waals surface area contributed by atoms with Gasteiger partial charge in [-0.1, -0.05) is 24.8 Å². The van der Waals surface area contributed by atoms with Crippen LogP contribution in [0, 0.1) is 18.8 Å². The highest BCUT2D eigenvalue weighted by Crippen LogP contribution is 2.27. The molecule has 1 saturated heterocycles. The van der Waals surface area contributed by atoms with Crippen LogP contribution in [0.15, 0.2) is 18.2 Å². The van der Waals surface area contributed by atoms with E-state index in [0.29, 0.717) is 12.8 Å². The summed E-state index contributed by atoms with van der Waals surface area (Å²) in [6.45, 7) is 3.93. The summed E-state index contributed by atoms with van der Waals surface area (Å²) in [6, 6.07) is 5.39. The molecule has 1 fully saturated rings. The summed E-state index contributed by atoms with van der Waals surface area (Å²) in [4.78, 5) is 23.4. The number of fused-ring (bicyclic) bond motifs is 1. The fraction of sp³-hybridized carbons (Fsp3) is 0.353. The number of benzene rings is 1. The smallest absolute Gasteiger partial charge is 0.251 e. The molecule has 5 heteroatoms. The number of hydrogen-bond donors (Lipinski definition) is 1. The first-order chi connectivity index (χ1) is 10.6. The van der Waals surface area contributed by atoms with Crippen molar-refractivity contribution >= 4 is 22.7 Å². The summed E-state index contributed by atoms with van der Waals surface area (Å²) in [7, 11) is 0. The Kier molecular flexibility index (Phi) is 3.68. The monoisotopic (exact) mass is 295 g/mol. The first kappa shape index (κ1) is 14.3. The van der Waals surface area contributed by atoms with E-state index in [1.54, 1.807) is 4.68 Å². The number of nitrogens with zero attached hydrogens (tertiary/aromatic N) is 2. The van der Waals surface area contributed by atoms with Gasteiger partial charge in [-0.15, -0.1) is 0 Å². The van der Waals surface area contributed by atoms with Crippen LogP contribution in [0.5, 0.6) is 0 Å². The third-order valence-corrected chi connectivity index (χ3v) is 3.81. The lowest BCUT2D eigenvalue weighted by Gasteiger charge is -2.21. The largest absolute Gasteiger partial charge is 0.295 e. The van der Waals surface area contributed by atoms with E-state index in [0.717, 1.165) is 28.6 Å². The molecule has 2 amide bonds. The molecule has 2 heterocycles. The SMILES string of the molecule is CCC#Cc1cccc2c1c(C)nn2C1CCC(=O)NC1=O. The number of nitrogens with one attached hydrogen (secondary N) is 1. The maximum Gasteiger partial charge on any atom is 0.251 e. The minimum absolute atomic E-state index is 0.219. The van der Waals surface area contributed by atoms with Crippen molar-refractivity contribution in [2.75, 3.05) is 0 Å². The molecule has 0 aliphatic carbocycles. The first-order valence-corrected chi connectivity index (χ1v) is 7.42. The predicted octanol–water partition coefficient (Wildman–Crippen LogP) is 2.08. The van der Waals surface area contributed by atoms with Gasteiger partial charge < -0.3 is 0 Å². The van der Waals surface area contributed by atoms with Crippen molar-refractivity contribution < 1.29 is 9.59 Å². The van der Waals surface area contributed by atoms with Crippen molar-refractivity contribution in [1.82, 2.24) is 15.1 Å². The van der Waals surface area contributed by atoms with Crippen LogP contribution in [0.2, 0.25) is 0 Å². The van der Waals surface area contributed by atoms with E-state index in [9.17, 15) is 9.59 Å². The molecular formula is C17H17N3O2. The molecule has 1 aromatic heterocycles. The van der Waals surface area contributed by atoms with Crippen molar-refractivity contribution in [3.63, 3.8) is 0 Å². The fourth-order valence-corrected chi connectivity index (χ4v) is 2.82. The predicted molar refractivity (Wildman–Crippen MR) is 83.1 cm³/mol. The molecule has 22 heavy (non-hydrogen) atoms. The maximum absolute atomic E-state index is 12.1. The standard InChI is InChI=1S/C17H17N3O2/c1-3-4-6-12-7-5-8-13-16(12)11(2)19-20(13)14-9-10-15(21)18-17(14)22/h5,7-8,14H,3,9-10H2,1-2H3,(H,18,21,22). The van der Waals surface area contributed by atoms with Gasteiger partial charge in [0.25, 0.3) is 5.91 Å². The van der Waals surface area contributed by atoms with Crippen LogP contribution in [0.3, 0.4) is 0 Å². The Morgan fingerprint density at radius 1 is 1.41 bits per heavy atom. The maximum atomic E-state index is 12.1. The Balaban J connectivity index is 2.12. The van der Waals surface area contributed by atoms with Gasteiger partial charge >= 0.3 is 0 Å². The molecule has 112 valence electrons. The van der Waals surface area contributed by atoms with Crippen molar-refractivity contribution in [2.24, 2.45) is 0 Å². The second-order valence-corrected chi connectivity index (χ2v) is 5.35. The number of carbonyl (C=O) groups excluding carboxylic acids is 2. The molecule has 2 aromatic rings. The van der Waals surface area contributed by atoms with E-state index >= 15 is 0 Å². The molecule has 1 aliphatic heterocycles. The highest BCUT2D eigenvalue weighted by Gasteiger charge is 2.30. The minimum atomic E-state index is -0.441. The highest BCUT2D eigenvalue weighted by atomic mass is 16.2. The summed E-state index contributed by atoms with van der Waals surface area (Å²) in [5.74, 6) is 5.73. The number of rotatable bonds is 1. The number of aromatic nitrogens is 2. The van der Waals surface area contributed by atoms with Gasteiger partial charge in [-0.05, 0) is 25.5 Å². The Bertz CT molecular complexity index is 824. The Labute approximate surface area is 128 Å². The van der Waals surface area contributed by atoms with Crippen LogP contribution in [0.1, 0.15) is 43.5 Å². The van der Waals surface area contributed by atoms with Crippen LogP contribution >= 0.6 is 0 Å². The molecule has 1 atom stereocenters. The Morgan fingerprint density at radius 3 is 2.95 bits per heavy atom. The third-order valence-electron chi connectivity index (χ3n) is 3.81. The van der Waals surface area contributed by atoms with Gasteiger partial charge in [-0.3, -0.25) is 19.6 Å². The molecule has 1 aromatic carbocycles. The molecule has 0 saturated carbocycles. The van der Waals surface area contributed by atoms with Gasteiger partial charge in [0.15, 0.2) is 0 Å². The van der Waals surface area contributed by atoms with Crippen molar-refractivity contribution in [3.05, 3.63) is 29.5 Å². The van der Waals surface area contributed by atoms with Gasteiger partial charge in [0.05, 0.1) is 11.2 Å². The highest BCUT2D eigenvalue weighted by molar-refractivity contribution is 6.00. The van der Waals surface area contributed by atoms with Crippen LogP contribution < -0.4 is 5.32 Å². The van der Waals surface area contributed by atoms with E-state index in [-0.39, 0.29) is 11.8 Å². The first-order valence-electron chi connectivity index (χ1n) is 7.42. The van der Waals surface area contributed by atoms with Gasteiger partial charge in [-0.2, -0.15) is 5.10 Å². The Hall–Kier alpha value is -2.61. The average Bonchev–Trinajstić information content (AvgIpc) is 2.83. The van der Waals surface area contributed by atoms with E-state index in [4.69, 9.17) is 0 Å².